The zero-order valence-electron chi connectivity index (χ0n) is 22.6. The smallest absolute Gasteiger partial charge is 0.255 e. The SMILES string of the molecule is CC(C)(O)COc1ccc2c(C(=O)NC3CCC(Oc4cc(N5CCCC5)ccc4C(N)=O)CC3)cnn2c1. The van der Waals surface area contributed by atoms with Gasteiger partial charge in [0.1, 0.15) is 18.1 Å². The van der Waals surface area contributed by atoms with Crippen molar-refractivity contribution < 1.29 is 24.2 Å². The van der Waals surface area contributed by atoms with Crippen molar-refractivity contribution in [2.45, 2.75) is 70.1 Å². The number of aromatic nitrogens is 2. The lowest BCUT2D eigenvalue weighted by Crippen LogP contribution is -2.39. The van der Waals surface area contributed by atoms with Gasteiger partial charge in [-0.05, 0) is 76.6 Å². The van der Waals surface area contributed by atoms with Crippen LogP contribution in [0.1, 0.15) is 73.1 Å². The highest BCUT2D eigenvalue weighted by Gasteiger charge is 2.27. The number of amides is 2. The van der Waals surface area contributed by atoms with Crippen molar-refractivity contribution >= 4 is 23.0 Å². The number of ether oxygens (including phenoxy) is 2. The van der Waals surface area contributed by atoms with Crippen molar-refractivity contribution in [3.8, 4) is 11.5 Å². The molecule has 1 saturated carbocycles. The van der Waals surface area contributed by atoms with Gasteiger partial charge in [0.2, 0.25) is 0 Å². The number of nitrogens with two attached hydrogens (primary N) is 1. The molecular weight excluding hydrogens is 498 g/mol. The molecule has 10 heteroatoms. The number of rotatable bonds is 9. The Morgan fingerprint density at radius 1 is 1.10 bits per heavy atom. The molecule has 3 aromatic rings. The molecule has 208 valence electrons. The number of primary amides is 1. The Labute approximate surface area is 228 Å². The Bertz CT molecular complexity index is 1330. The topological polar surface area (TPSA) is 131 Å². The average molecular weight is 536 g/mol. The minimum Gasteiger partial charge on any atom is -0.490 e. The molecule has 2 amide bonds. The van der Waals surface area contributed by atoms with Gasteiger partial charge in [0.05, 0.1) is 40.7 Å². The second-order valence-electron chi connectivity index (χ2n) is 11.2. The molecule has 4 N–H and O–H groups in total. The maximum absolute atomic E-state index is 13.1. The van der Waals surface area contributed by atoms with Gasteiger partial charge in [0.15, 0.2) is 0 Å². The predicted molar refractivity (Wildman–Crippen MR) is 148 cm³/mol. The van der Waals surface area contributed by atoms with E-state index in [1.54, 1.807) is 49.0 Å². The number of hydrogen-bond donors (Lipinski definition) is 3. The van der Waals surface area contributed by atoms with E-state index in [-0.39, 0.29) is 24.7 Å². The van der Waals surface area contributed by atoms with Gasteiger partial charge >= 0.3 is 0 Å². The predicted octanol–water partition coefficient (Wildman–Crippen LogP) is 3.30. The number of carbonyl (C=O) groups excluding carboxylic acids is 2. The second-order valence-corrected chi connectivity index (χ2v) is 11.2. The van der Waals surface area contributed by atoms with Gasteiger partial charge in [-0.3, -0.25) is 9.59 Å². The third kappa shape index (κ3) is 6.44. The molecule has 3 heterocycles. The van der Waals surface area contributed by atoms with Crippen LogP contribution >= 0.6 is 0 Å². The Morgan fingerprint density at radius 2 is 1.85 bits per heavy atom. The van der Waals surface area contributed by atoms with Crippen LogP contribution < -0.4 is 25.4 Å². The van der Waals surface area contributed by atoms with Gasteiger partial charge in [-0.15, -0.1) is 0 Å². The zero-order valence-corrected chi connectivity index (χ0v) is 22.6. The molecular formula is C29H37N5O5. The number of benzene rings is 1. The van der Waals surface area contributed by atoms with Crippen LogP contribution in [0.3, 0.4) is 0 Å². The first kappa shape index (κ1) is 26.8. The fourth-order valence-corrected chi connectivity index (χ4v) is 5.24. The summed E-state index contributed by atoms with van der Waals surface area (Å²) >= 11 is 0. The maximum atomic E-state index is 13.1. The standard InChI is InChI=1S/C29H37N5O5/c1-29(2,37)18-38-22-10-12-25-24(16-31-34(25)17-22)28(36)32-19-5-8-21(9-6-19)39-26-15-20(33-13-3-4-14-33)7-11-23(26)27(30)35/h7,10-12,15-17,19,21,37H,3-6,8-9,13-14,18H2,1-2H3,(H2,30,35)(H,32,36). The van der Waals surface area contributed by atoms with Crippen LogP contribution in [-0.4, -0.2) is 64.0 Å². The van der Waals surface area contributed by atoms with Crippen molar-refractivity contribution in [2.24, 2.45) is 5.73 Å². The molecule has 0 unspecified atom stereocenters. The fourth-order valence-electron chi connectivity index (χ4n) is 5.24. The molecule has 0 bridgehead atoms. The van der Waals surface area contributed by atoms with Crippen molar-refractivity contribution in [1.29, 1.82) is 0 Å². The highest BCUT2D eigenvalue weighted by atomic mass is 16.5. The van der Waals surface area contributed by atoms with Crippen LogP contribution in [0.5, 0.6) is 11.5 Å². The second kappa shape index (κ2) is 11.1. The van der Waals surface area contributed by atoms with E-state index in [4.69, 9.17) is 15.2 Å². The molecule has 39 heavy (non-hydrogen) atoms. The number of nitrogens with zero attached hydrogens (tertiary/aromatic N) is 3. The number of fused-ring (bicyclic) bond motifs is 1. The Balaban J connectivity index is 1.18. The summed E-state index contributed by atoms with van der Waals surface area (Å²) in [6.07, 6.45) is 8.57. The summed E-state index contributed by atoms with van der Waals surface area (Å²) < 4.78 is 13.5. The van der Waals surface area contributed by atoms with Crippen LogP contribution in [0, 0.1) is 0 Å². The summed E-state index contributed by atoms with van der Waals surface area (Å²) in [5.41, 5.74) is 7.30. The number of pyridine rings is 1. The molecule has 0 atom stereocenters. The molecule has 1 aliphatic heterocycles. The Morgan fingerprint density at radius 3 is 2.54 bits per heavy atom. The normalized spacial score (nSPS) is 19.7. The van der Waals surface area contributed by atoms with Gasteiger partial charge in [0.25, 0.3) is 11.8 Å². The van der Waals surface area contributed by atoms with Crippen molar-refractivity contribution in [1.82, 2.24) is 14.9 Å². The summed E-state index contributed by atoms with van der Waals surface area (Å²) in [5.74, 6) is 0.428. The molecule has 1 aliphatic carbocycles. The van der Waals surface area contributed by atoms with Gasteiger partial charge in [-0.1, -0.05) is 0 Å². The quantitative estimate of drug-likeness (QED) is 0.383. The average Bonchev–Trinajstić information content (AvgIpc) is 3.58. The third-order valence-electron chi connectivity index (χ3n) is 7.33. The summed E-state index contributed by atoms with van der Waals surface area (Å²) in [6.45, 7) is 5.50. The molecule has 0 spiro atoms. The Hall–Kier alpha value is -3.79. The van der Waals surface area contributed by atoms with Crippen molar-refractivity contribution in [2.75, 3.05) is 24.6 Å². The highest BCUT2D eigenvalue weighted by Crippen LogP contribution is 2.31. The van der Waals surface area contributed by atoms with Crippen LogP contribution in [0.15, 0.2) is 42.7 Å². The number of anilines is 1. The number of hydrogen-bond acceptors (Lipinski definition) is 7. The lowest BCUT2D eigenvalue weighted by Gasteiger charge is -2.30. The maximum Gasteiger partial charge on any atom is 0.255 e. The minimum absolute atomic E-state index is 0.0215. The van der Waals surface area contributed by atoms with E-state index in [0.717, 1.165) is 57.3 Å². The fraction of sp³-hybridized carbons (Fsp3) is 0.483. The molecule has 1 aromatic carbocycles. The molecule has 0 radical (unpaired) electrons. The molecule has 10 nitrogen and oxygen atoms in total. The lowest BCUT2D eigenvalue weighted by molar-refractivity contribution is 0.0283. The zero-order chi connectivity index (χ0) is 27.6. The van der Waals surface area contributed by atoms with Gasteiger partial charge in [-0.25, -0.2) is 4.52 Å². The molecule has 5 rings (SSSR count). The summed E-state index contributed by atoms with van der Waals surface area (Å²) in [6, 6.07) is 9.21. The van der Waals surface area contributed by atoms with Crippen LogP contribution in [0.25, 0.3) is 5.52 Å². The van der Waals surface area contributed by atoms with Gasteiger partial charge < -0.3 is 30.5 Å². The number of nitrogens with one attached hydrogen (secondary N) is 1. The van der Waals surface area contributed by atoms with Crippen LogP contribution in [0.4, 0.5) is 5.69 Å². The van der Waals surface area contributed by atoms with E-state index in [0.29, 0.717) is 28.1 Å². The summed E-state index contributed by atoms with van der Waals surface area (Å²) in [7, 11) is 0. The van der Waals surface area contributed by atoms with E-state index in [9.17, 15) is 14.7 Å². The largest absolute Gasteiger partial charge is 0.490 e. The van der Waals surface area contributed by atoms with Gasteiger partial charge in [0, 0.05) is 30.9 Å². The first-order valence-electron chi connectivity index (χ1n) is 13.7. The third-order valence-corrected chi connectivity index (χ3v) is 7.33. The molecule has 2 aromatic heterocycles. The van der Waals surface area contributed by atoms with Crippen LogP contribution in [-0.2, 0) is 0 Å². The molecule has 2 aliphatic rings. The summed E-state index contributed by atoms with van der Waals surface area (Å²) in [4.78, 5) is 27.4. The first-order chi connectivity index (χ1) is 18.7. The highest BCUT2D eigenvalue weighted by molar-refractivity contribution is 6.00. The van der Waals surface area contributed by atoms with E-state index in [1.165, 1.54) is 0 Å². The van der Waals surface area contributed by atoms with Crippen molar-refractivity contribution in [3.05, 3.63) is 53.9 Å². The van der Waals surface area contributed by atoms with E-state index in [2.05, 4.69) is 15.3 Å². The Kier molecular flexibility index (Phi) is 7.65. The monoisotopic (exact) mass is 535 g/mol. The van der Waals surface area contributed by atoms with Crippen LogP contribution in [0.2, 0.25) is 0 Å². The van der Waals surface area contributed by atoms with Crippen molar-refractivity contribution in [3.63, 3.8) is 0 Å². The lowest BCUT2D eigenvalue weighted by atomic mass is 9.92. The van der Waals surface area contributed by atoms with E-state index in [1.807, 2.05) is 12.1 Å². The first-order valence-corrected chi connectivity index (χ1v) is 13.7. The molecule has 2 fully saturated rings. The number of aliphatic hydroxyl groups is 1. The molecule has 1 saturated heterocycles. The summed E-state index contributed by atoms with van der Waals surface area (Å²) in [5, 5.41) is 17.3. The minimum atomic E-state index is -0.948. The van der Waals surface area contributed by atoms with Gasteiger partial charge in [-0.2, -0.15) is 5.10 Å². The number of carbonyl (C=O) groups is 2. The van der Waals surface area contributed by atoms with E-state index < -0.39 is 11.5 Å². The van der Waals surface area contributed by atoms with E-state index >= 15 is 0 Å².